The number of amides is 2. The van der Waals surface area contributed by atoms with Gasteiger partial charge in [0.05, 0.1) is 0 Å². The van der Waals surface area contributed by atoms with Crippen molar-refractivity contribution in [2.24, 2.45) is 0 Å². The largest absolute Gasteiger partial charge is 0.457 e. The molecule has 2 amide bonds. The number of carbonyl (C=O) groups excluding carboxylic acids is 3. The summed E-state index contributed by atoms with van der Waals surface area (Å²) in [4.78, 5) is 36.4. The summed E-state index contributed by atoms with van der Waals surface area (Å²) in [5.74, 6) is 0.271. The first-order valence-corrected chi connectivity index (χ1v) is 12.5. The zero-order chi connectivity index (χ0) is 26.9. The maximum Gasteiger partial charge on any atom is 0.306 e. The highest BCUT2D eigenvalue weighted by atomic mass is 16.5. The minimum absolute atomic E-state index is 0.0436. The van der Waals surface area contributed by atoms with Gasteiger partial charge in [0.2, 0.25) is 5.91 Å². The van der Waals surface area contributed by atoms with Crippen LogP contribution in [0, 0.1) is 13.8 Å². The molecule has 2 N–H and O–H groups in total. The number of hydrogen-bond acceptors (Lipinski definition) is 5. The molecule has 0 aliphatic heterocycles. The third-order valence-electron chi connectivity index (χ3n) is 6.14. The van der Waals surface area contributed by atoms with E-state index < -0.39 is 11.9 Å². The number of ether oxygens (including phenoxy) is 2. The zero-order valence-corrected chi connectivity index (χ0v) is 21.5. The van der Waals surface area contributed by atoms with E-state index in [9.17, 15) is 14.4 Å². The second-order valence-electron chi connectivity index (χ2n) is 8.96. The molecule has 0 unspecified atom stereocenters. The van der Waals surface area contributed by atoms with Gasteiger partial charge in [-0.05, 0) is 73.2 Å². The van der Waals surface area contributed by atoms with Crippen LogP contribution in [-0.4, -0.2) is 24.4 Å². The van der Waals surface area contributed by atoms with Crippen molar-refractivity contribution in [1.29, 1.82) is 0 Å². The molecular weight excluding hydrogens is 480 g/mol. The standard InChI is InChI=1S/C31H30N2O5/c1-21-8-5-12-27(22(21)2)33-30(35)20-37-31(36)15-7-14-29(34)32-24-16-18-25(19-17-24)38-28-13-6-10-23-9-3-4-11-26(23)28/h3-6,8-13,16-19H,7,14-15,20H2,1-2H3,(H,32,34)(H,33,35). The van der Waals surface area contributed by atoms with Crippen LogP contribution in [0.4, 0.5) is 11.4 Å². The molecule has 0 saturated heterocycles. The number of benzene rings is 4. The molecule has 194 valence electrons. The van der Waals surface area contributed by atoms with Crippen molar-refractivity contribution >= 4 is 39.9 Å². The Morgan fingerprint density at radius 2 is 1.47 bits per heavy atom. The Kier molecular flexibility index (Phi) is 8.72. The minimum Gasteiger partial charge on any atom is -0.457 e. The number of nitrogens with one attached hydrogen (secondary N) is 2. The first-order chi connectivity index (χ1) is 18.4. The summed E-state index contributed by atoms with van der Waals surface area (Å²) in [6.45, 7) is 3.50. The van der Waals surface area contributed by atoms with E-state index in [2.05, 4.69) is 10.6 Å². The van der Waals surface area contributed by atoms with Crippen molar-refractivity contribution in [2.45, 2.75) is 33.1 Å². The minimum atomic E-state index is -0.524. The van der Waals surface area contributed by atoms with Crippen LogP contribution in [0.15, 0.2) is 84.9 Å². The molecule has 0 aliphatic rings. The van der Waals surface area contributed by atoms with E-state index in [1.807, 2.05) is 68.4 Å². The fourth-order valence-corrected chi connectivity index (χ4v) is 3.93. The SMILES string of the molecule is Cc1cccc(NC(=O)COC(=O)CCCC(=O)Nc2ccc(Oc3cccc4ccccc34)cc2)c1C. The summed E-state index contributed by atoms with van der Waals surface area (Å²) in [6, 6.07) is 26.6. The second-order valence-corrected chi connectivity index (χ2v) is 8.96. The predicted octanol–water partition coefficient (Wildman–Crippen LogP) is 6.54. The van der Waals surface area contributed by atoms with Gasteiger partial charge in [-0.1, -0.05) is 48.5 Å². The van der Waals surface area contributed by atoms with Crippen molar-refractivity contribution in [2.75, 3.05) is 17.2 Å². The van der Waals surface area contributed by atoms with Crippen molar-refractivity contribution in [3.05, 3.63) is 96.1 Å². The van der Waals surface area contributed by atoms with E-state index in [0.29, 0.717) is 23.5 Å². The lowest BCUT2D eigenvalue weighted by Gasteiger charge is -2.11. The molecule has 0 saturated carbocycles. The number of carbonyl (C=O) groups is 3. The number of esters is 1. The summed E-state index contributed by atoms with van der Waals surface area (Å²) < 4.78 is 11.1. The smallest absolute Gasteiger partial charge is 0.306 e. The van der Waals surface area contributed by atoms with Gasteiger partial charge in [0.25, 0.3) is 5.91 Å². The molecule has 0 heterocycles. The molecule has 0 aromatic heterocycles. The van der Waals surface area contributed by atoms with E-state index in [-0.39, 0.29) is 25.4 Å². The van der Waals surface area contributed by atoms with Crippen LogP contribution in [-0.2, 0) is 19.1 Å². The molecule has 0 bridgehead atoms. The molecule has 0 aliphatic carbocycles. The average Bonchev–Trinajstić information content (AvgIpc) is 2.91. The summed E-state index contributed by atoms with van der Waals surface area (Å²) >= 11 is 0. The normalized spacial score (nSPS) is 10.6. The topological polar surface area (TPSA) is 93.7 Å². The van der Waals surface area contributed by atoms with Gasteiger partial charge in [-0.3, -0.25) is 14.4 Å². The van der Waals surface area contributed by atoms with Gasteiger partial charge in [0.15, 0.2) is 6.61 Å². The predicted molar refractivity (Wildman–Crippen MR) is 148 cm³/mol. The number of anilines is 2. The monoisotopic (exact) mass is 510 g/mol. The van der Waals surface area contributed by atoms with Crippen LogP contribution in [0.3, 0.4) is 0 Å². The van der Waals surface area contributed by atoms with Crippen LogP contribution in [0.25, 0.3) is 10.8 Å². The van der Waals surface area contributed by atoms with E-state index in [1.54, 1.807) is 30.3 Å². The molecule has 7 nitrogen and oxygen atoms in total. The van der Waals surface area contributed by atoms with Crippen LogP contribution in [0.1, 0.15) is 30.4 Å². The number of fused-ring (bicyclic) bond motifs is 1. The average molecular weight is 511 g/mol. The Morgan fingerprint density at radius 3 is 2.29 bits per heavy atom. The van der Waals surface area contributed by atoms with E-state index >= 15 is 0 Å². The van der Waals surface area contributed by atoms with Crippen LogP contribution < -0.4 is 15.4 Å². The Morgan fingerprint density at radius 1 is 0.737 bits per heavy atom. The molecule has 0 spiro atoms. The Hall–Kier alpha value is -4.65. The molecule has 0 radical (unpaired) electrons. The number of rotatable bonds is 10. The molecule has 38 heavy (non-hydrogen) atoms. The Bertz CT molecular complexity index is 1440. The third kappa shape index (κ3) is 7.20. The molecule has 7 heteroatoms. The second kappa shape index (κ2) is 12.5. The lowest BCUT2D eigenvalue weighted by Crippen LogP contribution is -2.21. The van der Waals surface area contributed by atoms with Gasteiger partial charge in [0, 0.05) is 29.6 Å². The first kappa shape index (κ1) is 26.4. The van der Waals surface area contributed by atoms with Crippen LogP contribution in [0.2, 0.25) is 0 Å². The number of aryl methyl sites for hydroxylation is 1. The molecule has 4 aromatic rings. The number of hydrogen-bond donors (Lipinski definition) is 2. The van der Waals surface area contributed by atoms with Crippen molar-refractivity contribution in [1.82, 2.24) is 0 Å². The molecule has 4 rings (SSSR count). The summed E-state index contributed by atoms with van der Waals surface area (Å²) in [5.41, 5.74) is 3.34. The van der Waals surface area contributed by atoms with Gasteiger partial charge in [-0.25, -0.2) is 0 Å². The molecule has 0 fully saturated rings. The lowest BCUT2D eigenvalue weighted by atomic mass is 10.1. The summed E-state index contributed by atoms with van der Waals surface area (Å²) in [7, 11) is 0. The van der Waals surface area contributed by atoms with Gasteiger partial charge < -0.3 is 20.1 Å². The summed E-state index contributed by atoms with van der Waals surface area (Å²) in [5, 5.41) is 7.67. The highest BCUT2D eigenvalue weighted by Crippen LogP contribution is 2.30. The zero-order valence-electron chi connectivity index (χ0n) is 21.5. The quantitative estimate of drug-likeness (QED) is 0.236. The third-order valence-corrected chi connectivity index (χ3v) is 6.14. The Labute approximate surface area is 221 Å². The van der Waals surface area contributed by atoms with Gasteiger partial charge in [-0.15, -0.1) is 0 Å². The fraction of sp³-hybridized carbons (Fsp3) is 0.194. The van der Waals surface area contributed by atoms with E-state index in [4.69, 9.17) is 9.47 Å². The van der Waals surface area contributed by atoms with Gasteiger partial charge >= 0.3 is 5.97 Å². The van der Waals surface area contributed by atoms with Gasteiger partial charge in [0.1, 0.15) is 11.5 Å². The Balaban J connectivity index is 1.17. The summed E-state index contributed by atoms with van der Waals surface area (Å²) in [6.07, 6.45) is 0.506. The maximum atomic E-state index is 12.3. The highest BCUT2D eigenvalue weighted by Gasteiger charge is 2.11. The maximum absolute atomic E-state index is 12.3. The molecular formula is C31H30N2O5. The lowest BCUT2D eigenvalue weighted by molar-refractivity contribution is -0.147. The van der Waals surface area contributed by atoms with Gasteiger partial charge in [-0.2, -0.15) is 0 Å². The van der Waals surface area contributed by atoms with Crippen molar-refractivity contribution in [3.63, 3.8) is 0 Å². The van der Waals surface area contributed by atoms with Crippen LogP contribution in [0.5, 0.6) is 11.5 Å². The van der Waals surface area contributed by atoms with E-state index in [0.717, 1.165) is 27.6 Å². The fourth-order valence-electron chi connectivity index (χ4n) is 3.93. The molecule has 0 atom stereocenters. The van der Waals surface area contributed by atoms with Crippen molar-refractivity contribution < 1.29 is 23.9 Å². The van der Waals surface area contributed by atoms with Crippen molar-refractivity contribution in [3.8, 4) is 11.5 Å². The highest BCUT2D eigenvalue weighted by molar-refractivity contribution is 5.94. The van der Waals surface area contributed by atoms with Crippen LogP contribution >= 0.6 is 0 Å². The first-order valence-electron chi connectivity index (χ1n) is 12.5. The van der Waals surface area contributed by atoms with E-state index in [1.165, 1.54) is 0 Å². The molecule has 4 aromatic carbocycles.